The molecule has 0 N–H and O–H groups in total. The van der Waals surface area contributed by atoms with Gasteiger partial charge >= 0.3 is 5.97 Å². The molecular formula is C10H16N4O2. The molecule has 1 rings (SSSR count). The standard InChI is InChI=1S/C10H16N4O2/c1-5-16-10(15)9(8(2)13(3)4)14-7-11-6-12-14/h6-7H,5H2,1-4H3. The van der Waals surface area contributed by atoms with Crippen LogP contribution in [0.3, 0.4) is 0 Å². The van der Waals surface area contributed by atoms with Crippen molar-refractivity contribution in [1.29, 1.82) is 0 Å². The summed E-state index contributed by atoms with van der Waals surface area (Å²) in [6.45, 7) is 3.92. The maximum atomic E-state index is 11.8. The Morgan fingerprint density at radius 1 is 1.50 bits per heavy atom. The highest BCUT2D eigenvalue weighted by molar-refractivity contribution is 6.10. The van der Waals surface area contributed by atoms with Gasteiger partial charge in [0, 0.05) is 19.8 Å². The van der Waals surface area contributed by atoms with E-state index in [9.17, 15) is 4.79 Å². The van der Waals surface area contributed by atoms with Crippen LogP contribution >= 0.6 is 0 Å². The second kappa shape index (κ2) is 5.29. The summed E-state index contributed by atoms with van der Waals surface area (Å²) in [4.78, 5) is 17.4. The molecule has 0 saturated heterocycles. The summed E-state index contributed by atoms with van der Waals surface area (Å²) in [5.41, 5.74) is 1.15. The van der Waals surface area contributed by atoms with E-state index in [1.165, 1.54) is 17.3 Å². The van der Waals surface area contributed by atoms with Crippen molar-refractivity contribution in [3.8, 4) is 0 Å². The van der Waals surface area contributed by atoms with Crippen LogP contribution in [0.15, 0.2) is 18.4 Å². The SMILES string of the molecule is CCOC(=O)C(=C(C)N(C)C)n1cncn1. The molecule has 0 aliphatic rings. The molecule has 0 unspecified atom stereocenters. The fraction of sp³-hybridized carbons (Fsp3) is 0.500. The van der Waals surface area contributed by atoms with Gasteiger partial charge in [-0.2, -0.15) is 5.10 Å². The van der Waals surface area contributed by atoms with Crippen molar-refractivity contribution in [3.63, 3.8) is 0 Å². The molecule has 0 bridgehead atoms. The Morgan fingerprint density at radius 3 is 2.62 bits per heavy atom. The summed E-state index contributed by atoms with van der Waals surface area (Å²) >= 11 is 0. The van der Waals surface area contributed by atoms with E-state index in [1.54, 1.807) is 6.92 Å². The van der Waals surface area contributed by atoms with Crippen LogP contribution < -0.4 is 0 Å². The van der Waals surface area contributed by atoms with E-state index < -0.39 is 5.97 Å². The minimum absolute atomic E-state index is 0.331. The van der Waals surface area contributed by atoms with Crippen LogP contribution in [0.5, 0.6) is 0 Å². The van der Waals surface area contributed by atoms with Crippen LogP contribution in [0.25, 0.3) is 5.70 Å². The molecule has 6 nitrogen and oxygen atoms in total. The van der Waals surface area contributed by atoms with Crippen LogP contribution in [0.1, 0.15) is 13.8 Å². The lowest BCUT2D eigenvalue weighted by molar-refractivity contribution is -0.136. The highest BCUT2D eigenvalue weighted by atomic mass is 16.5. The number of esters is 1. The van der Waals surface area contributed by atoms with Crippen LogP contribution in [0.4, 0.5) is 0 Å². The van der Waals surface area contributed by atoms with Crippen molar-refractivity contribution in [3.05, 3.63) is 18.4 Å². The zero-order valence-corrected chi connectivity index (χ0v) is 9.97. The summed E-state index contributed by atoms with van der Waals surface area (Å²) in [6, 6.07) is 0. The first-order valence-corrected chi connectivity index (χ1v) is 4.98. The van der Waals surface area contributed by atoms with Gasteiger partial charge in [0.2, 0.25) is 0 Å². The van der Waals surface area contributed by atoms with Crippen molar-refractivity contribution in [2.75, 3.05) is 20.7 Å². The highest BCUT2D eigenvalue weighted by Gasteiger charge is 2.18. The van der Waals surface area contributed by atoms with Gasteiger partial charge in [0.05, 0.1) is 6.61 Å². The van der Waals surface area contributed by atoms with Crippen molar-refractivity contribution >= 4 is 11.7 Å². The molecule has 1 aromatic rings. The molecule has 0 aromatic carbocycles. The van der Waals surface area contributed by atoms with Gasteiger partial charge in [0.1, 0.15) is 12.7 Å². The quantitative estimate of drug-likeness (QED) is 0.553. The van der Waals surface area contributed by atoms with Crippen LogP contribution in [-0.4, -0.2) is 46.3 Å². The average Bonchev–Trinajstić information content (AvgIpc) is 2.71. The molecule has 0 fully saturated rings. The number of nitrogens with zero attached hydrogens (tertiary/aromatic N) is 4. The van der Waals surface area contributed by atoms with Gasteiger partial charge in [-0.3, -0.25) is 0 Å². The van der Waals surface area contributed by atoms with Crippen molar-refractivity contribution in [1.82, 2.24) is 19.7 Å². The van der Waals surface area contributed by atoms with Gasteiger partial charge in [-0.1, -0.05) is 0 Å². The van der Waals surface area contributed by atoms with Gasteiger partial charge in [0.15, 0.2) is 5.70 Å². The molecule has 0 amide bonds. The molecule has 0 aliphatic carbocycles. The molecule has 1 aromatic heterocycles. The third-order valence-electron chi connectivity index (χ3n) is 2.13. The lowest BCUT2D eigenvalue weighted by Crippen LogP contribution is -2.20. The van der Waals surface area contributed by atoms with E-state index >= 15 is 0 Å². The minimum atomic E-state index is -0.404. The van der Waals surface area contributed by atoms with Gasteiger partial charge in [-0.25, -0.2) is 14.5 Å². The molecule has 0 radical (unpaired) electrons. The van der Waals surface area contributed by atoms with Gasteiger partial charge in [0.25, 0.3) is 0 Å². The first kappa shape index (κ1) is 12.2. The zero-order chi connectivity index (χ0) is 12.1. The van der Waals surface area contributed by atoms with Crippen LogP contribution in [0.2, 0.25) is 0 Å². The maximum absolute atomic E-state index is 11.8. The molecule has 6 heteroatoms. The topological polar surface area (TPSA) is 60.2 Å². The Balaban J connectivity index is 3.14. The minimum Gasteiger partial charge on any atom is -0.461 e. The Labute approximate surface area is 94.5 Å². The average molecular weight is 224 g/mol. The number of hydrogen-bond donors (Lipinski definition) is 0. The zero-order valence-electron chi connectivity index (χ0n) is 9.97. The van der Waals surface area contributed by atoms with Gasteiger partial charge in [-0.15, -0.1) is 0 Å². The summed E-state index contributed by atoms with van der Waals surface area (Å²) in [5.74, 6) is -0.404. The third kappa shape index (κ3) is 2.59. The first-order valence-electron chi connectivity index (χ1n) is 4.98. The number of allylic oxidation sites excluding steroid dienone is 1. The Kier molecular flexibility index (Phi) is 4.04. The second-order valence-corrected chi connectivity index (χ2v) is 3.39. The lowest BCUT2D eigenvalue weighted by Gasteiger charge is -2.17. The summed E-state index contributed by atoms with van der Waals surface area (Å²) in [5, 5.41) is 3.94. The van der Waals surface area contributed by atoms with E-state index in [2.05, 4.69) is 10.1 Å². The smallest absolute Gasteiger partial charge is 0.358 e. The Hall–Kier alpha value is -1.85. The Bertz CT molecular complexity index is 382. The maximum Gasteiger partial charge on any atom is 0.358 e. The van der Waals surface area contributed by atoms with E-state index in [0.717, 1.165) is 5.70 Å². The van der Waals surface area contributed by atoms with E-state index in [0.29, 0.717) is 12.3 Å². The van der Waals surface area contributed by atoms with Crippen LogP contribution in [0, 0.1) is 0 Å². The lowest BCUT2D eigenvalue weighted by atomic mass is 10.3. The third-order valence-corrected chi connectivity index (χ3v) is 2.13. The fourth-order valence-corrected chi connectivity index (χ4v) is 1.14. The van der Waals surface area contributed by atoms with E-state index in [1.807, 2.05) is 25.9 Å². The summed E-state index contributed by atoms with van der Waals surface area (Å²) in [7, 11) is 3.71. The Morgan fingerprint density at radius 2 is 2.19 bits per heavy atom. The number of rotatable bonds is 4. The first-order chi connectivity index (χ1) is 7.57. The van der Waals surface area contributed by atoms with Crippen molar-refractivity contribution < 1.29 is 9.53 Å². The number of hydrogen-bond acceptors (Lipinski definition) is 5. The largest absolute Gasteiger partial charge is 0.461 e. The fourth-order valence-electron chi connectivity index (χ4n) is 1.14. The van der Waals surface area contributed by atoms with Gasteiger partial charge < -0.3 is 9.64 Å². The molecule has 0 atom stereocenters. The molecule has 1 heterocycles. The van der Waals surface area contributed by atoms with Gasteiger partial charge in [-0.05, 0) is 13.8 Å². The molecule has 88 valence electrons. The molecule has 16 heavy (non-hydrogen) atoms. The molecule has 0 saturated carbocycles. The number of carbonyl (C=O) groups is 1. The van der Waals surface area contributed by atoms with Crippen molar-refractivity contribution in [2.24, 2.45) is 0 Å². The number of ether oxygens (including phenoxy) is 1. The van der Waals surface area contributed by atoms with E-state index in [-0.39, 0.29) is 0 Å². The molecule has 0 aliphatic heterocycles. The molecular weight excluding hydrogens is 208 g/mol. The number of aromatic nitrogens is 3. The normalized spacial score (nSPS) is 12.0. The second-order valence-electron chi connectivity index (χ2n) is 3.39. The van der Waals surface area contributed by atoms with E-state index in [4.69, 9.17) is 4.74 Å². The summed E-state index contributed by atoms with van der Waals surface area (Å²) < 4.78 is 6.40. The highest BCUT2D eigenvalue weighted by Crippen LogP contribution is 2.13. The summed E-state index contributed by atoms with van der Waals surface area (Å²) in [6.07, 6.45) is 2.85. The number of carbonyl (C=O) groups excluding carboxylic acids is 1. The van der Waals surface area contributed by atoms with Crippen LogP contribution in [-0.2, 0) is 9.53 Å². The monoisotopic (exact) mass is 224 g/mol. The predicted molar refractivity (Wildman–Crippen MR) is 59.2 cm³/mol. The van der Waals surface area contributed by atoms with Crippen molar-refractivity contribution in [2.45, 2.75) is 13.8 Å². The predicted octanol–water partition coefficient (Wildman–Crippen LogP) is 0.591. The molecule has 0 spiro atoms.